The molecule has 0 bridgehead atoms. The molecule has 2 aliphatic heterocycles. The van der Waals surface area contributed by atoms with E-state index in [1.165, 1.54) is 19.0 Å². The highest BCUT2D eigenvalue weighted by molar-refractivity contribution is 7.89. The molecule has 2 heterocycles. The lowest BCUT2D eigenvalue weighted by Crippen LogP contribution is -2.50. The van der Waals surface area contributed by atoms with Crippen molar-refractivity contribution in [3.8, 4) is 0 Å². The highest BCUT2D eigenvalue weighted by atomic mass is 32.2. The van der Waals surface area contributed by atoms with Crippen molar-refractivity contribution in [2.45, 2.75) is 12.1 Å². The summed E-state index contributed by atoms with van der Waals surface area (Å²) in [5.74, 6) is -3.58. The molecule has 1 aromatic carbocycles. The quantitative estimate of drug-likeness (QED) is 0.686. The maximum Gasteiger partial charge on any atom is 0.259 e. The van der Waals surface area contributed by atoms with Gasteiger partial charge < -0.3 is 14.5 Å². The number of hydrogen-bond donors (Lipinski definition) is 0. The lowest BCUT2D eigenvalue weighted by atomic mass is 10.1. The summed E-state index contributed by atoms with van der Waals surface area (Å²) in [7, 11) is -0.786. The topological polar surface area (TPSA) is 87.2 Å². The molecule has 0 unspecified atom stereocenters. The Balaban J connectivity index is 1.88. The highest BCUT2D eigenvalue weighted by Crippen LogP contribution is 2.27. The summed E-state index contributed by atoms with van der Waals surface area (Å²) in [6, 6.07) is 2.30. The average molecular weight is 417 g/mol. The Morgan fingerprint density at radius 2 is 1.86 bits per heavy atom. The molecule has 2 atom stereocenters. The van der Waals surface area contributed by atoms with E-state index < -0.39 is 57.7 Å². The first-order valence-electron chi connectivity index (χ1n) is 8.66. The molecule has 0 N–H and O–H groups in total. The smallest absolute Gasteiger partial charge is 0.259 e. The first-order chi connectivity index (χ1) is 13.1. The molecule has 154 valence electrons. The predicted octanol–water partition coefficient (Wildman–Crippen LogP) is -0.0920. The van der Waals surface area contributed by atoms with Crippen molar-refractivity contribution >= 4 is 21.8 Å². The number of halogens is 2. The van der Waals surface area contributed by atoms with Gasteiger partial charge in [-0.05, 0) is 12.1 Å². The minimum atomic E-state index is -3.80. The van der Waals surface area contributed by atoms with Crippen LogP contribution >= 0.6 is 0 Å². The number of carbonyl (C=O) groups is 2. The van der Waals surface area contributed by atoms with Gasteiger partial charge in [-0.15, -0.1) is 0 Å². The number of likely N-dealkylation sites (tertiary alicyclic amines) is 1. The van der Waals surface area contributed by atoms with E-state index in [1.807, 2.05) is 0 Å². The van der Waals surface area contributed by atoms with Gasteiger partial charge in [-0.2, -0.15) is 4.31 Å². The molecular weight excluding hydrogens is 396 g/mol. The number of fused-ring (bicyclic) bond motifs is 1. The number of ether oxygens (including phenoxy) is 1. The summed E-state index contributed by atoms with van der Waals surface area (Å²) in [6.07, 6.45) is -0.689. The first-order valence-corrected chi connectivity index (χ1v) is 10.3. The Kier molecular flexibility index (Phi) is 5.69. The van der Waals surface area contributed by atoms with E-state index in [4.69, 9.17) is 4.74 Å². The Bertz CT molecular complexity index is 873. The fraction of sp³-hybridized carbons (Fsp3) is 0.529. The van der Waals surface area contributed by atoms with Gasteiger partial charge in [0.25, 0.3) is 5.91 Å². The van der Waals surface area contributed by atoms with E-state index in [2.05, 4.69) is 0 Å². The molecule has 0 aliphatic carbocycles. The second kappa shape index (κ2) is 7.72. The molecule has 2 fully saturated rings. The number of rotatable bonds is 3. The van der Waals surface area contributed by atoms with Gasteiger partial charge in [-0.3, -0.25) is 9.59 Å². The summed E-state index contributed by atoms with van der Waals surface area (Å²) in [4.78, 5) is 27.2. The summed E-state index contributed by atoms with van der Waals surface area (Å²) < 4.78 is 59.8. The maximum absolute atomic E-state index is 14.0. The van der Waals surface area contributed by atoms with Crippen LogP contribution in [0.4, 0.5) is 8.78 Å². The van der Waals surface area contributed by atoms with Crippen molar-refractivity contribution in [3.63, 3.8) is 0 Å². The molecule has 11 heteroatoms. The molecule has 3 rings (SSSR count). The van der Waals surface area contributed by atoms with Crippen LogP contribution in [0.1, 0.15) is 10.4 Å². The highest BCUT2D eigenvalue weighted by Gasteiger charge is 2.47. The van der Waals surface area contributed by atoms with Crippen LogP contribution in [-0.4, -0.2) is 92.6 Å². The molecule has 8 nitrogen and oxygen atoms in total. The maximum atomic E-state index is 14.0. The van der Waals surface area contributed by atoms with Crippen molar-refractivity contribution in [2.24, 2.45) is 0 Å². The van der Waals surface area contributed by atoms with Gasteiger partial charge in [0.15, 0.2) is 0 Å². The summed E-state index contributed by atoms with van der Waals surface area (Å²) in [5.41, 5.74) is -0.697. The van der Waals surface area contributed by atoms with Gasteiger partial charge in [-0.1, -0.05) is 6.07 Å². The standard InChI is InChI=1S/C17H21F2N3O5S/c1-20(2)15(23)10-22-13-8-21(9-14(13)27-6-7-28(22,25)26)17(24)16-11(18)4-3-5-12(16)19/h3-5,13-14H,6-10H2,1-2H3/t13-,14+/m1/s1. The van der Waals surface area contributed by atoms with Crippen LogP contribution in [-0.2, 0) is 19.6 Å². The van der Waals surface area contributed by atoms with Gasteiger partial charge in [0.1, 0.15) is 17.2 Å². The van der Waals surface area contributed by atoms with Crippen molar-refractivity contribution in [1.82, 2.24) is 14.1 Å². The van der Waals surface area contributed by atoms with Crippen molar-refractivity contribution in [3.05, 3.63) is 35.4 Å². The van der Waals surface area contributed by atoms with E-state index in [1.54, 1.807) is 0 Å². The number of hydrogen-bond acceptors (Lipinski definition) is 5. The number of sulfonamides is 1. The number of amides is 2. The third-order valence-corrected chi connectivity index (χ3v) is 6.69. The normalized spacial score (nSPS) is 24.5. The van der Waals surface area contributed by atoms with E-state index >= 15 is 0 Å². The van der Waals surface area contributed by atoms with Gasteiger partial charge in [0.05, 0.1) is 31.1 Å². The van der Waals surface area contributed by atoms with Crippen LogP contribution in [0.2, 0.25) is 0 Å². The van der Waals surface area contributed by atoms with Gasteiger partial charge in [0, 0.05) is 27.2 Å². The molecule has 2 saturated heterocycles. The van der Waals surface area contributed by atoms with E-state index in [0.717, 1.165) is 27.4 Å². The van der Waals surface area contributed by atoms with Crippen LogP contribution in [0.15, 0.2) is 18.2 Å². The summed E-state index contributed by atoms with van der Waals surface area (Å²) >= 11 is 0. The fourth-order valence-corrected chi connectivity index (χ4v) is 4.81. The molecule has 0 saturated carbocycles. The zero-order valence-electron chi connectivity index (χ0n) is 15.5. The Hall–Kier alpha value is -2.11. The number of likely N-dealkylation sites (N-methyl/N-ethyl adjacent to an activating group) is 1. The molecule has 1 aromatic rings. The molecule has 0 radical (unpaired) electrons. The van der Waals surface area contributed by atoms with Crippen molar-refractivity contribution in [2.75, 3.05) is 46.1 Å². The molecular formula is C17H21F2N3O5S. The van der Waals surface area contributed by atoms with Crippen LogP contribution in [0.25, 0.3) is 0 Å². The molecule has 28 heavy (non-hydrogen) atoms. The van der Waals surface area contributed by atoms with Gasteiger partial charge >= 0.3 is 0 Å². The predicted molar refractivity (Wildman–Crippen MR) is 95.0 cm³/mol. The minimum Gasteiger partial charge on any atom is -0.374 e. The Morgan fingerprint density at radius 3 is 2.46 bits per heavy atom. The number of carbonyl (C=O) groups excluding carboxylic acids is 2. The van der Waals surface area contributed by atoms with Crippen LogP contribution in [0, 0.1) is 11.6 Å². The summed E-state index contributed by atoms with van der Waals surface area (Å²) in [6.45, 7) is -0.640. The van der Waals surface area contributed by atoms with E-state index in [9.17, 15) is 26.8 Å². The van der Waals surface area contributed by atoms with Crippen molar-refractivity contribution < 1.29 is 31.5 Å². The lowest BCUT2D eigenvalue weighted by molar-refractivity contribution is -0.129. The second-order valence-electron chi connectivity index (χ2n) is 6.93. The third kappa shape index (κ3) is 3.87. The van der Waals surface area contributed by atoms with E-state index in [-0.39, 0.29) is 25.4 Å². The number of benzene rings is 1. The zero-order chi connectivity index (χ0) is 20.6. The molecule has 0 spiro atoms. The van der Waals surface area contributed by atoms with Crippen LogP contribution in [0.5, 0.6) is 0 Å². The van der Waals surface area contributed by atoms with Crippen LogP contribution in [0.3, 0.4) is 0 Å². The molecule has 0 aromatic heterocycles. The monoisotopic (exact) mass is 417 g/mol. The lowest BCUT2D eigenvalue weighted by Gasteiger charge is -2.28. The molecule has 2 aliphatic rings. The average Bonchev–Trinajstić information content (AvgIpc) is 2.97. The second-order valence-corrected chi connectivity index (χ2v) is 8.97. The van der Waals surface area contributed by atoms with Crippen molar-refractivity contribution in [1.29, 1.82) is 0 Å². The SMILES string of the molecule is CN(C)C(=O)CN1[C@@H]2CN(C(=O)c3c(F)cccc3F)C[C@@H]2OCCS1(=O)=O. The largest absolute Gasteiger partial charge is 0.374 e. The first kappa shape index (κ1) is 20.6. The third-order valence-electron chi connectivity index (χ3n) is 4.89. The summed E-state index contributed by atoms with van der Waals surface area (Å²) in [5, 5.41) is 0. The zero-order valence-corrected chi connectivity index (χ0v) is 16.3. The van der Waals surface area contributed by atoms with Gasteiger partial charge in [-0.25, -0.2) is 17.2 Å². The van der Waals surface area contributed by atoms with Gasteiger partial charge in [0.2, 0.25) is 15.9 Å². The van der Waals surface area contributed by atoms with E-state index in [0.29, 0.717) is 0 Å². The minimum absolute atomic E-state index is 0.0283. The Labute approximate surface area is 161 Å². The Morgan fingerprint density at radius 1 is 1.21 bits per heavy atom. The fourth-order valence-electron chi connectivity index (χ4n) is 3.34. The van der Waals surface area contributed by atoms with Crippen LogP contribution < -0.4 is 0 Å². The molecule has 2 amide bonds. The number of nitrogens with zero attached hydrogens (tertiary/aromatic N) is 3.